The van der Waals surface area contributed by atoms with Gasteiger partial charge in [-0.2, -0.15) is 0 Å². The third-order valence-electron chi connectivity index (χ3n) is 5.32. The Morgan fingerprint density at radius 2 is 1.96 bits per heavy atom. The lowest BCUT2D eigenvalue weighted by Gasteiger charge is -2.24. The maximum atomic E-state index is 11.6. The molecule has 0 spiro atoms. The summed E-state index contributed by atoms with van der Waals surface area (Å²) in [6.45, 7) is 1.72. The van der Waals surface area contributed by atoms with Crippen LogP contribution in [0.4, 0.5) is 0 Å². The molecule has 1 aromatic rings. The summed E-state index contributed by atoms with van der Waals surface area (Å²) in [7, 11) is 3.80. The van der Waals surface area contributed by atoms with Crippen molar-refractivity contribution in [2.75, 3.05) is 20.6 Å². The number of amides is 2. The molecule has 1 aliphatic heterocycles. The van der Waals surface area contributed by atoms with E-state index in [2.05, 4.69) is 22.6 Å². The van der Waals surface area contributed by atoms with E-state index in [9.17, 15) is 9.59 Å². The highest BCUT2D eigenvalue weighted by Crippen LogP contribution is 2.38. The van der Waals surface area contributed by atoms with E-state index in [0.29, 0.717) is 29.9 Å². The summed E-state index contributed by atoms with van der Waals surface area (Å²) in [5, 5.41) is 5.63. The van der Waals surface area contributed by atoms with E-state index in [4.69, 9.17) is 0 Å². The van der Waals surface area contributed by atoms with Crippen molar-refractivity contribution in [3.63, 3.8) is 0 Å². The van der Waals surface area contributed by atoms with Gasteiger partial charge in [-0.15, -0.1) is 0 Å². The molecule has 3 atom stereocenters. The molecule has 1 saturated heterocycles. The molecule has 5 nitrogen and oxygen atoms in total. The van der Waals surface area contributed by atoms with Gasteiger partial charge in [0.15, 0.2) is 0 Å². The van der Waals surface area contributed by atoms with Crippen molar-refractivity contribution in [3.8, 4) is 0 Å². The Morgan fingerprint density at radius 1 is 1.26 bits per heavy atom. The predicted octanol–water partition coefficient (Wildman–Crippen LogP) is 1.39. The van der Waals surface area contributed by atoms with Gasteiger partial charge < -0.3 is 10.6 Å². The first-order valence-corrected chi connectivity index (χ1v) is 8.34. The summed E-state index contributed by atoms with van der Waals surface area (Å²) in [6.07, 6.45) is 2.97. The number of carbonyl (C=O) groups is 2. The van der Waals surface area contributed by atoms with E-state index < -0.39 is 0 Å². The van der Waals surface area contributed by atoms with Gasteiger partial charge in [-0.05, 0) is 49.4 Å². The van der Waals surface area contributed by atoms with Gasteiger partial charge in [0.1, 0.15) is 0 Å². The summed E-state index contributed by atoms with van der Waals surface area (Å²) in [6, 6.07) is 8.33. The van der Waals surface area contributed by atoms with Crippen molar-refractivity contribution >= 4 is 11.8 Å². The fraction of sp³-hybridized carbons (Fsp3) is 0.556. The number of benzene rings is 1. The molecule has 2 fully saturated rings. The summed E-state index contributed by atoms with van der Waals surface area (Å²) < 4.78 is 0. The Hall–Kier alpha value is -1.88. The van der Waals surface area contributed by atoms with Crippen LogP contribution >= 0.6 is 0 Å². The number of nitrogens with zero attached hydrogens (tertiary/aromatic N) is 1. The largest absolute Gasteiger partial charge is 0.356 e. The van der Waals surface area contributed by atoms with Crippen LogP contribution in [-0.4, -0.2) is 43.4 Å². The lowest BCUT2D eigenvalue weighted by molar-refractivity contribution is -0.124. The quantitative estimate of drug-likeness (QED) is 0.883. The fourth-order valence-corrected chi connectivity index (χ4v) is 3.92. The second-order valence-corrected chi connectivity index (χ2v) is 6.84. The first-order chi connectivity index (χ1) is 11.1. The highest BCUT2D eigenvalue weighted by molar-refractivity contribution is 5.93. The lowest BCUT2D eigenvalue weighted by atomic mass is 9.89. The first kappa shape index (κ1) is 16.0. The van der Waals surface area contributed by atoms with Crippen molar-refractivity contribution in [2.45, 2.75) is 31.8 Å². The van der Waals surface area contributed by atoms with E-state index in [-0.39, 0.29) is 11.8 Å². The maximum absolute atomic E-state index is 11.6. The molecule has 2 aliphatic rings. The second kappa shape index (κ2) is 6.71. The summed E-state index contributed by atoms with van der Waals surface area (Å²) in [5.41, 5.74) is 1.90. The Kier molecular flexibility index (Phi) is 4.66. The number of carbonyl (C=O) groups excluding carboxylic acids is 2. The molecular formula is C18H25N3O2. The highest BCUT2D eigenvalue weighted by Gasteiger charge is 2.39. The van der Waals surface area contributed by atoms with E-state index in [1.165, 1.54) is 5.56 Å². The van der Waals surface area contributed by atoms with Crippen LogP contribution in [0.5, 0.6) is 0 Å². The van der Waals surface area contributed by atoms with Crippen LogP contribution in [0.15, 0.2) is 24.3 Å². The zero-order valence-corrected chi connectivity index (χ0v) is 13.8. The van der Waals surface area contributed by atoms with Gasteiger partial charge in [0.25, 0.3) is 5.91 Å². The molecule has 1 saturated carbocycles. The van der Waals surface area contributed by atoms with Gasteiger partial charge in [0, 0.05) is 38.2 Å². The van der Waals surface area contributed by atoms with E-state index in [1.807, 2.05) is 24.3 Å². The molecule has 2 N–H and O–H groups in total. The number of rotatable bonds is 4. The SMILES string of the molecule is CNC(=O)c1ccc(CN(C)[C@H]2C[C@H]3CNC(=O)C[C@H]3C2)cc1. The highest BCUT2D eigenvalue weighted by atomic mass is 16.2. The molecule has 0 aromatic heterocycles. The molecule has 2 amide bonds. The Labute approximate surface area is 137 Å². The fourth-order valence-electron chi connectivity index (χ4n) is 3.92. The van der Waals surface area contributed by atoms with Gasteiger partial charge in [0.2, 0.25) is 5.91 Å². The first-order valence-electron chi connectivity index (χ1n) is 8.34. The van der Waals surface area contributed by atoms with Gasteiger partial charge in [0.05, 0.1) is 0 Å². The topological polar surface area (TPSA) is 61.4 Å². The normalized spacial score (nSPS) is 26.7. The molecule has 23 heavy (non-hydrogen) atoms. The van der Waals surface area contributed by atoms with Crippen LogP contribution in [0.3, 0.4) is 0 Å². The lowest BCUT2D eigenvalue weighted by Crippen LogP contribution is -2.38. The Bertz CT molecular complexity index is 584. The van der Waals surface area contributed by atoms with E-state index in [0.717, 1.165) is 25.9 Å². The van der Waals surface area contributed by atoms with Crippen molar-refractivity contribution in [2.24, 2.45) is 11.8 Å². The van der Waals surface area contributed by atoms with Gasteiger partial charge in [-0.1, -0.05) is 12.1 Å². The molecule has 5 heteroatoms. The number of hydrogen-bond acceptors (Lipinski definition) is 3. The molecular weight excluding hydrogens is 290 g/mol. The van der Waals surface area contributed by atoms with Gasteiger partial charge >= 0.3 is 0 Å². The predicted molar refractivity (Wildman–Crippen MR) is 88.9 cm³/mol. The van der Waals surface area contributed by atoms with Gasteiger partial charge in [-0.25, -0.2) is 0 Å². The molecule has 0 bridgehead atoms. The minimum Gasteiger partial charge on any atom is -0.356 e. The van der Waals surface area contributed by atoms with Crippen LogP contribution in [-0.2, 0) is 11.3 Å². The zero-order chi connectivity index (χ0) is 16.4. The van der Waals surface area contributed by atoms with Crippen LogP contribution in [0, 0.1) is 11.8 Å². The number of fused-ring (bicyclic) bond motifs is 1. The van der Waals surface area contributed by atoms with Crippen molar-refractivity contribution < 1.29 is 9.59 Å². The standard InChI is InChI=1S/C18H25N3O2/c1-19-18(23)13-5-3-12(4-6-13)11-21(2)16-7-14-9-17(22)20-10-15(14)8-16/h3-6,14-16H,7-11H2,1-2H3,(H,19,23)(H,20,22)/t14-,15+,16-/m1/s1. The molecule has 124 valence electrons. The van der Waals surface area contributed by atoms with Crippen molar-refractivity contribution in [3.05, 3.63) is 35.4 Å². The van der Waals surface area contributed by atoms with Crippen LogP contribution in [0.25, 0.3) is 0 Å². The third kappa shape index (κ3) is 3.55. The Morgan fingerprint density at radius 3 is 2.65 bits per heavy atom. The maximum Gasteiger partial charge on any atom is 0.251 e. The van der Waals surface area contributed by atoms with Crippen molar-refractivity contribution in [1.82, 2.24) is 15.5 Å². The van der Waals surface area contributed by atoms with Crippen molar-refractivity contribution in [1.29, 1.82) is 0 Å². The molecule has 0 radical (unpaired) electrons. The minimum absolute atomic E-state index is 0.0538. The molecule has 1 aliphatic carbocycles. The number of hydrogen-bond donors (Lipinski definition) is 2. The number of piperidine rings is 1. The Balaban J connectivity index is 1.58. The molecule has 1 aromatic carbocycles. The van der Waals surface area contributed by atoms with Crippen LogP contribution in [0.1, 0.15) is 35.2 Å². The van der Waals surface area contributed by atoms with E-state index in [1.54, 1.807) is 7.05 Å². The van der Waals surface area contributed by atoms with E-state index >= 15 is 0 Å². The average Bonchev–Trinajstić information content (AvgIpc) is 2.98. The minimum atomic E-state index is -0.0538. The summed E-state index contributed by atoms with van der Waals surface area (Å²) >= 11 is 0. The smallest absolute Gasteiger partial charge is 0.251 e. The number of nitrogens with one attached hydrogen (secondary N) is 2. The second-order valence-electron chi connectivity index (χ2n) is 6.84. The summed E-state index contributed by atoms with van der Waals surface area (Å²) in [4.78, 5) is 25.5. The zero-order valence-electron chi connectivity index (χ0n) is 13.8. The monoisotopic (exact) mass is 315 g/mol. The third-order valence-corrected chi connectivity index (χ3v) is 5.32. The van der Waals surface area contributed by atoms with Crippen LogP contribution in [0.2, 0.25) is 0 Å². The molecule has 3 rings (SSSR count). The van der Waals surface area contributed by atoms with Gasteiger partial charge in [-0.3, -0.25) is 14.5 Å². The van der Waals surface area contributed by atoms with Crippen LogP contribution < -0.4 is 10.6 Å². The summed E-state index contributed by atoms with van der Waals surface area (Å²) in [5.74, 6) is 1.34. The molecule has 0 unspecified atom stereocenters. The molecule has 1 heterocycles. The average molecular weight is 315 g/mol.